The molecule has 1 aromatic rings. The third-order valence-electron chi connectivity index (χ3n) is 2.89. The minimum absolute atomic E-state index is 0.116. The molecular formula is C14H19F4NO. The zero-order chi connectivity index (χ0) is 15.2. The first-order chi connectivity index (χ1) is 9.31. The van der Waals surface area contributed by atoms with E-state index in [2.05, 4.69) is 0 Å². The van der Waals surface area contributed by atoms with E-state index in [1.54, 1.807) is 13.0 Å². The lowest BCUT2D eigenvalue weighted by Crippen LogP contribution is -2.36. The molecule has 0 radical (unpaired) electrons. The van der Waals surface area contributed by atoms with E-state index in [0.717, 1.165) is 0 Å². The molecule has 0 aliphatic heterocycles. The molecule has 1 atom stereocenters. The zero-order valence-corrected chi connectivity index (χ0v) is 11.3. The molecule has 114 valence electrons. The van der Waals surface area contributed by atoms with E-state index in [9.17, 15) is 22.7 Å². The molecule has 0 fully saturated rings. The molecule has 0 spiro atoms. The van der Waals surface area contributed by atoms with Crippen molar-refractivity contribution in [3.05, 3.63) is 35.6 Å². The average molecular weight is 293 g/mol. The van der Waals surface area contributed by atoms with Crippen LogP contribution in [0.2, 0.25) is 0 Å². The van der Waals surface area contributed by atoms with E-state index in [4.69, 9.17) is 0 Å². The Labute approximate surface area is 116 Å². The number of alkyl halides is 3. The quantitative estimate of drug-likeness (QED) is 0.778. The molecule has 1 rings (SSSR count). The molecule has 1 N–H and O–H groups in total. The largest absolute Gasteiger partial charge is 0.401 e. The van der Waals surface area contributed by atoms with Gasteiger partial charge in [0, 0.05) is 6.54 Å². The molecule has 0 bridgehead atoms. The summed E-state index contributed by atoms with van der Waals surface area (Å²) in [6.45, 7) is 1.24. The molecule has 6 heteroatoms. The van der Waals surface area contributed by atoms with Crippen molar-refractivity contribution in [3.8, 4) is 0 Å². The van der Waals surface area contributed by atoms with Crippen LogP contribution in [0, 0.1) is 5.82 Å². The van der Waals surface area contributed by atoms with Gasteiger partial charge in [-0.25, -0.2) is 4.39 Å². The summed E-state index contributed by atoms with van der Waals surface area (Å²) in [5.74, 6) is -0.470. The summed E-state index contributed by atoms with van der Waals surface area (Å²) in [6.07, 6.45) is -4.47. The second kappa shape index (κ2) is 7.59. The maximum atomic E-state index is 13.0. The van der Waals surface area contributed by atoms with Crippen molar-refractivity contribution >= 4 is 0 Å². The van der Waals surface area contributed by atoms with Gasteiger partial charge in [-0.2, -0.15) is 13.2 Å². The molecule has 0 amide bonds. The summed E-state index contributed by atoms with van der Waals surface area (Å²) in [6, 6.07) is 5.47. The van der Waals surface area contributed by atoms with Crippen LogP contribution in [-0.4, -0.2) is 35.8 Å². The van der Waals surface area contributed by atoms with Gasteiger partial charge < -0.3 is 5.11 Å². The summed E-state index contributed by atoms with van der Waals surface area (Å²) < 4.78 is 50.1. The van der Waals surface area contributed by atoms with Crippen LogP contribution in [0.4, 0.5) is 17.6 Å². The van der Waals surface area contributed by atoms with Crippen LogP contribution in [0.1, 0.15) is 31.4 Å². The molecule has 1 aromatic carbocycles. The van der Waals surface area contributed by atoms with Gasteiger partial charge in [0.05, 0.1) is 12.6 Å². The molecule has 1 unspecified atom stereocenters. The highest BCUT2D eigenvalue weighted by atomic mass is 19.4. The summed E-state index contributed by atoms with van der Waals surface area (Å²) in [5.41, 5.74) is 0.383. The van der Waals surface area contributed by atoms with Crippen molar-refractivity contribution in [1.82, 2.24) is 4.90 Å². The van der Waals surface area contributed by atoms with Gasteiger partial charge in [-0.05, 0) is 37.1 Å². The molecule has 2 nitrogen and oxygen atoms in total. The summed E-state index contributed by atoms with van der Waals surface area (Å²) in [4.78, 5) is 1.25. The van der Waals surface area contributed by atoms with Crippen LogP contribution in [0.15, 0.2) is 24.3 Å². The molecular weight excluding hydrogens is 274 g/mol. The highest BCUT2D eigenvalue weighted by Gasteiger charge is 2.30. The van der Waals surface area contributed by atoms with E-state index < -0.39 is 24.6 Å². The zero-order valence-electron chi connectivity index (χ0n) is 11.3. The number of benzene rings is 1. The van der Waals surface area contributed by atoms with Gasteiger partial charge in [0.2, 0.25) is 0 Å². The minimum atomic E-state index is -4.25. The molecule has 0 saturated heterocycles. The van der Waals surface area contributed by atoms with Crippen molar-refractivity contribution in [3.63, 3.8) is 0 Å². The second-order valence-corrected chi connectivity index (χ2v) is 4.75. The van der Waals surface area contributed by atoms with Gasteiger partial charge in [-0.1, -0.05) is 19.1 Å². The Morgan fingerprint density at radius 2 is 1.95 bits per heavy atom. The monoisotopic (exact) mass is 293 g/mol. The van der Waals surface area contributed by atoms with Crippen LogP contribution >= 0.6 is 0 Å². The third-order valence-corrected chi connectivity index (χ3v) is 2.89. The van der Waals surface area contributed by atoms with Crippen LogP contribution in [-0.2, 0) is 0 Å². The molecule has 0 saturated carbocycles. The fourth-order valence-corrected chi connectivity index (χ4v) is 2.03. The first-order valence-electron chi connectivity index (χ1n) is 6.54. The fourth-order valence-electron chi connectivity index (χ4n) is 2.03. The third kappa shape index (κ3) is 6.34. The van der Waals surface area contributed by atoms with Gasteiger partial charge in [0.15, 0.2) is 0 Å². The van der Waals surface area contributed by atoms with E-state index in [0.29, 0.717) is 18.5 Å². The minimum Gasteiger partial charge on any atom is -0.388 e. The lowest BCUT2D eigenvalue weighted by atomic mass is 10.1. The Morgan fingerprint density at radius 3 is 2.50 bits per heavy atom. The van der Waals surface area contributed by atoms with E-state index >= 15 is 0 Å². The highest BCUT2D eigenvalue weighted by molar-refractivity contribution is 5.18. The van der Waals surface area contributed by atoms with Crippen LogP contribution in [0.3, 0.4) is 0 Å². The van der Waals surface area contributed by atoms with Crippen molar-refractivity contribution in [2.24, 2.45) is 0 Å². The Morgan fingerprint density at radius 1 is 1.25 bits per heavy atom. The maximum Gasteiger partial charge on any atom is 0.401 e. The lowest BCUT2D eigenvalue weighted by molar-refractivity contribution is -0.146. The first kappa shape index (κ1) is 16.9. The Kier molecular flexibility index (Phi) is 6.42. The number of aliphatic hydroxyl groups is 1. The van der Waals surface area contributed by atoms with Gasteiger partial charge in [0.25, 0.3) is 0 Å². The van der Waals surface area contributed by atoms with Crippen molar-refractivity contribution < 1.29 is 22.7 Å². The highest BCUT2D eigenvalue weighted by Crippen LogP contribution is 2.20. The Balaban J connectivity index is 2.54. The molecule has 0 aliphatic carbocycles. The van der Waals surface area contributed by atoms with Gasteiger partial charge in [-0.15, -0.1) is 0 Å². The average Bonchev–Trinajstić information content (AvgIpc) is 2.34. The lowest BCUT2D eigenvalue weighted by Gasteiger charge is -2.24. The van der Waals surface area contributed by atoms with Gasteiger partial charge in [0.1, 0.15) is 5.82 Å². The number of aliphatic hydroxyl groups excluding tert-OH is 1. The topological polar surface area (TPSA) is 23.5 Å². The standard InChI is InChI=1S/C14H19F4NO/c1-2-7-19(10-14(16,17)18)8-6-13(20)11-4-3-5-12(15)9-11/h3-5,9,13,20H,2,6-8,10H2,1H3. The van der Waals surface area contributed by atoms with Crippen molar-refractivity contribution in [2.75, 3.05) is 19.6 Å². The predicted octanol–water partition coefficient (Wildman–Crippen LogP) is 3.52. The number of halogens is 4. The van der Waals surface area contributed by atoms with E-state index in [1.165, 1.54) is 23.1 Å². The number of hydrogen-bond acceptors (Lipinski definition) is 2. The van der Waals surface area contributed by atoms with Gasteiger partial charge in [-0.3, -0.25) is 4.90 Å². The van der Waals surface area contributed by atoms with Crippen LogP contribution < -0.4 is 0 Å². The van der Waals surface area contributed by atoms with Crippen LogP contribution in [0.5, 0.6) is 0 Å². The first-order valence-corrected chi connectivity index (χ1v) is 6.54. The second-order valence-electron chi connectivity index (χ2n) is 4.75. The molecule has 20 heavy (non-hydrogen) atoms. The predicted molar refractivity (Wildman–Crippen MR) is 68.8 cm³/mol. The Hall–Kier alpha value is -1.14. The fraction of sp³-hybridized carbons (Fsp3) is 0.571. The van der Waals surface area contributed by atoms with Gasteiger partial charge >= 0.3 is 6.18 Å². The molecule has 0 aromatic heterocycles. The van der Waals surface area contributed by atoms with Crippen molar-refractivity contribution in [2.45, 2.75) is 32.0 Å². The normalized spacial score (nSPS) is 13.8. The molecule has 0 heterocycles. The number of rotatable bonds is 7. The Bertz CT molecular complexity index is 408. The SMILES string of the molecule is CCCN(CCC(O)c1cccc(F)c1)CC(F)(F)F. The van der Waals surface area contributed by atoms with Crippen LogP contribution in [0.25, 0.3) is 0 Å². The van der Waals surface area contributed by atoms with Crippen molar-refractivity contribution in [1.29, 1.82) is 0 Å². The molecule has 0 aliphatic rings. The summed E-state index contributed by atoms with van der Waals surface area (Å²) in [5, 5.41) is 9.89. The number of hydrogen-bond donors (Lipinski definition) is 1. The smallest absolute Gasteiger partial charge is 0.388 e. The summed E-state index contributed by atoms with van der Waals surface area (Å²) in [7, 11) is 0. The van der Waals surface area contributed by atoms with E-state index in [1.807, 2.05) is 0 Å². The number of nitrogens with zero attached hydrogens (tertiary/aromatic N) is 1. The maximum absolute atomic E-state index is 13.0. The summed E-state index contributed by atoms with van der Waals surface area (Å²) >= 11 is 0. The van der Waals surface area contributed by atoms with E-state index in [-0.39, 0.29) is 13.0 Å².